The Morgan fingerprint density at radius 1 is 1.24 bits per heavy atom. The van der Waals surface area contributed by atoms with Crippen molar-refractivity contribution >= 4 is 49.5 Å². The van der Waals surface area contributed by atoms with E-state index in [1.165, 1.54) is 11.5 Å². The van der Waals surface area contributed by atoms with Gasteiger partial charge in [-0.2, -0.15) is 4.37 Å². The third kappa shape index (κ3) is 3.40. The van der Waals surface area contributed by atoms with E-state index in [9.17, 15) is 4.79 Å². The number of benzene rings is 2. The number of rotatable bonds is 3. The highest BCUT2D eigenvalue weighted by Crippen LogP contribution is 2.29. The molecular weight excluding hydrogens is 352 g/mol. The molecule has 2 aromatic carbocycles. The maximum atomic E-state index is 11.8. The minimum Gasteiger partial charge on any atom is -0.444 e. The quantitative estimate of drug-likeness (QED) is 0.727. The summed E-state index contributed by atoms with van der Waals surface area (Å²) in [5.41, 5.74) is 0.943. The van der Waals surface area contributed by atoms with E-state index in [1.807, 2.05) is 48.5 Å². The number of nitrogens with one attached hydrogen (secondary N) is 1. The van der Waals surface area contributed by atoms with Gasteiger partial charge in [-0.3, -0.25) is 5.32 Å². The molecule has 1 aromatic heterocycles. The van der Waals surface area contributed by atoms with Gasteiger partial charge in [0, 0.05) is 9.86 Å². The van der Waals surface area contributed by atoms with E-state index in [0.29, 0.717) is 5.82 Å². The third-order valence-corrected chi connectivity index (χ3v) is 4.19. The van der Waals surface area contributed by atoms with Crippen LogP contribution in [0, 0.1) is 0 Å². The molecule has 0 unspecified atom stereocenters. The third-order valence-electron chi connectivity index (χ3n) is 2.87. The van der Waals surface area contributed by atoms with Crippen molar-refractivity contribution in [3.8, 4) is 0 Å². The Kier molecular flexibility index (Phi) is 4.17. The first-order chi connectivity index (χ1) is 10.2. The van der Waals surface area contributed by atoms with Gasteiger partial charge in [-0.25, -0.2) is 4.79 Å². The van der Waals surface area contributed by atoms with Gasteiger partial charge in [-0.05, 0) is 35.3 Å². The van der Waals surface area contributed by atoms with Crippen LogP contribution in [0.15, 0.2) is 53.0 Å². The van der Waals surface area contributed by atoms with Crippen LogP contribution in [0.3, 0.4) is 0 Å². The van der Waals surface area contributed by atoms with Crippen LogP contribution in [-0.2, 0) is 11.3 Å². The number of carbonyl (C=O) groups is 1. The number of hydrogen-bond acceptors (Lipinski definition) is 4. The van der Waals surface area contributed by atoms with Crippen molar-refractivity contribution in [3.63, 3.8) is 0 Å². The Balaban J connectivity index is 1.67. The lowest BCUT2D eigenvalue weighted by atomic mass is 10.2. The molecule has 106 valence electrons. The summed E-state index contributed by atoms with van der Waals surface area (Å²) in [4.78, 5) is 11.8. The zero-order valence-corrected chi connectivity index (χ0v) is 13.3. The number of carbonyl (C=O) groups excluding carboxylic acids is 1. The zero-order valence-electron chi connectivity index (χ0n) is 10.9. The van der Waals surface area contributed by atoms with Gasteiger partial charge in [0.25, 0.3) is 0 Å². The number of amides is 1. The van der Waals surface area contributed by atoms with E-state index in [2.05, 4.69) is 25.6 Å². The van der Waals surface area contributed by atoms with Crippen LogP contribution in [0.4, 0.5) is 10.6 Å². The molecule has 21 heavy (non-hydrogen) atoms. The van der Waals surface area contributed by atoms with E-state index < -0.39 is 6.09 Å². The summed E-state index contributed by atoms with van der Waals surface area (Å²) in [6, 6.07) is 15.4. The molecule has 0 spiro atoms. The van der Waals surface area contributed by atoms with Crippen molar-refractivity contribution in [1.29, 1.82) is 0 Å². The molecule has 6 heteroatoms. The molecule has 0 radical (unpaired) electrons. The van der Waals surface area contributed by atoms with E-state index in [0.717, 1.165) is 20.1 Å². The predicted octanol–water partition coefficient (Wildman–Crippen LogP) is 4.81. The minimum atomic E-state index is -0.508. The zero-order chi connectivity index (χ0) is 14.7. The molecule has 4 nitrogen and oxygen atoms in total. The van der Waals surface area contributed by atoms with E-state index >= 15 is 0 Å². The number of halogens is 1. The van der Waals surface area contributed by atoms with Gasteiger partial charge in [-0.1, -0.05) is 46.3 Å². The monoisotopic (exact) mass is 362 g/mol. The number of fused-ring (bicyclic) bond motifs is 1. The Bertz CT molecular complexity index is 774. The second kappa shape index (κ2) is 6.24. The Morgan fingerprint density at radius 3 is 2.86 bits per heavy atom. The molecular formula is C15H11BrN2O2S. The Morgan fingerprint density at radius 2 is 2.05 bits per heavy atom. The topological polar surface area (TPSA) is 51.2 Å². The first-order valence-corrected chi connectivity index (χ1v) is 7.81. The van der Waals surface area contributed by atoms with Gasteiger partial charge in [0.05, 0.1) is 4.70 Å². The van der Waals surface area contributed by atoms with Gasteiger partial charge >= 0.3 is 6.09 Å². The van der Waals surface area contributed by atoms with Crippen molar-refractivity contribution in [3.05, 3.63) is 58.6 Å². The van der Waals surface area contributed by atoms with Crippen molar-refractivity contribution in [2.24, 2.45) is 0 Å². The van der Waals surface area contributed by atoms with Crippen LogP contribution in [0.1, 0.15) is 5.56 Å². The molecule has 0 saturated heterocycles. The molecule has 0 aliphatic heterocycles. The van der Waals surface area contributed by atoms with E-state index in [1.54, 1.807) is 0 Å². The van der Waals surface area contributed by atoms with Crippen LogP contribution in [0.2, 0.25) is 0 Å². The molecule has 1 amide bonds. The molecule has 3 rings (SSSR count). The molecule has 0 aliphatic carbocycles. The van der Waals surface area contributed by atoms with E-state index in [-0.39, 0.29) is 6.61 Å². The molecule has 0 saturated carbocycles. The van der Waals surface area contributed by atoms with Crippen LogP contribution in [-0.4, -0.2) is 10.5 Å². The summed E-state index contributed by atoms with van der Waals surface area (Å²) < 4.78 is 11.4. The first-order valence-electron chi connectivity index (χ1n) is 6.25. The molecule has 0 bridgehead atoms. The molecule has 1 heterocycles. The van der Waals surface area contributed by atoms with Gasteiger partial charge < -0.3 is 4.74 Å². The molecule has 0 fully saturated rings. The highest BCUT2D eigenvalue weighted by Gasteiger charge is 2.11. The standard InChI is InChI=1S/C15H11BrN2O2S/c16-11-6-7-13-12(8-11)14(18-21-13)17-15(19)20-9-10-4-2-1-3-5-10/h1-8H,9H2,(H,17,18,19). The molecule has 3 aromatic rings. The van der Waals surface area contributed by atoms with Gasteiger partial charge in [-0.15, -0.1) is 0 Å². The normalized spacial score (nSPS) is 10.5. The average molecular weight is 363 g/mol. The van der Waals surface area contributed by atoms with Crippen molar-refractivity contribution in [1.82, 2.24) is 4.37 Å². The largest absolute Gasteiger partial charge is 0.444 e. The van der Waals surface area contributed by atoms with Crippen molar-refractivity contribution < 1.29 is 9.53 Å². The first kappa shape index (κ1) is 14.0. The number of ether oxygens (including phenoxy) is 1. The summed E-state index contributed by atoms with van der Waals surface area (Å²) in [5, 5.41) is 3.57. The number of nitrogens with zero attached hydrogens (tertiary/aromatic N) is 1. The second-order valence-electron chi connectivity index (χ2n) is 4.36. The average Bonchev–Trinajstić information content (AvgIpc) is 2.88. The lowest BCUT2D eigenvalue weighted by Crippen LogP contribution is -2.13. The number of aromatic nitrogens is 1. The summed E-state index contributed by atoms with van der Waals surface area (Å²) in [6.45, 7) is 0.235. The van der Waals surface area contributed by atoms with Crippen LogP contribution >= 0.6 is 27.5 Å². The van der Waals surface area contributed by atoms with Crippen LogP contribution in [0.25, 0.3) is 10.1 Å². The summed E-state index contributed by atoms with van der Waals surface area (Å²) in [5.74, 6) is 0.523. The van der Waals surface area contributed by atoms with Crippen LogP contribution in [0.5, 0.6) is 0 Å². The highest BCUT2D eigenvalue weighted by atomic mass is 79.9. The summed E-state index contributed by atoms with van der Waals surface area (Å²) >= 11 is 4.75. The lowest BCUT2D eigenvalue weighted by Gasteiger charge is -2.05. The van der Waals surface area contributed by atoms with Gasteiger partial charge in [0.1, 0.15) is 6.61 Å². The smallest absolute Gasteiger partial charge is 0.413 e. The maximum absolute atomic E-state index is 11.8. The SMILES string of the molecule is O=C(Nc1nsc2ccc(Br)cc12)OCc1ccccc1. The maximum Gasteiger partial charge on any atom is 0.413 e. The number of anilines is 1. The summed E-state index contributed by atoms with van der Waals surface area (Å²) in [7, 11) is 0. The van der Waals surface area contributed by atoms with Gasteiger partial charge in [0.2, 0.25) is 0 Å². The highest BCUT2D eigenvalue weighted by molar-refractivity contribution is 9.10. The minimum absolute atomic E-state index is 0.235. The van der Waals surface area contributed by atoms with Crippen molar-refractivity contribution in [2.45, 2.75) is 6.61 Å². The second-order valence-corrected chi connectivity index (χ2v) is 6.08. The Labute approximate surface area is 134 Å². The predicted molar refractivity (Wildman–Crippen MR) is 87.6 cm³/mol. The Hall–Kier alpha value is -1.92. The molecule has 0 atom stereocenters. The fourth-order valence-corrected chi connectivity index (χ4v) is 2.93. The fourth-order valence-electron chi connectivity index (χ4n) is 1.86. The van der Waals surface area contributed by atoms with Crippen LogP contribution < -0.4 is 5.32 Å². The molecule has 0 aliphatic rings. The summed E-state index contributed by atoms with van der Waals surface area (Å²) in [6.07, 6.45) is -0.508. The van der Waals surface area contributed by atoms with E-state index in [4.69, 9.17) is 4.74 Å². The van der Waals surface area contributed by atoms with Gasteiger partial charge in [0.15, 0.2) is 5.82 Å². The fraction of sp³-hybridized carbons (Fsp3) is 0.0667. The lowest BCUT2D eigenvalue weighted by molar-refractivity contribution is 0.155. The molecule has 1 N–H and O–H groups in total. The van der Waals surface area contributed by atoms with Crippen molar-refractivity contribution in [2.75, 3.05) is 5.32 Å². The number of hydrogen-bond donors (Lipinski definition) is 1.